The zero-order valence-electron chi connectivity index (χ0n) is 41.4. The van der Waals surface area contributed by atoms with Gasteiger partial charge in [-0.05, 0) is 57.8 Å². The summed E-state index contributed by atoms with van der Waals surface area (Å²) in [5.41, 5.74) is 0. The lowest BCUT2D eigenvalue weighted by molar-refractivity contribution is -0.165. The Balaban J connectivity index is 2.23. The van der Waals surface area contributed by atoms with Gasteiger partial charge in [0.2, 0.25) is 0 Å². The zero-order valence-corrected chi connectivity index (χ0v) is 43.2. The Hall–Kier alpha value is -2.19. The van der Waals surface area contributed by atoms with Gasteiger partial charge in [-0.1, -0.05) is 134 Å². The third-order valence-corrected chi connectivity index (χ3v) is 14.1. The predicted molar refractivity (Wildman–Crippen MR) is 261 cm³/mol. The monoisotopic (exact) mass is 1040 g/mol. The summed E-state index contributed by atoms with van der Waals surface area (Å²) in [6.45, 7) is 2.56. The van der Waals surface area contributed by atoms with E-state index in [-0.39, 0.29) is 32.1 Å². The van der Waals surface area contributed by atoms with Crippen molar-refractivity contribution in [1.29, 1.82) is 0 Å². The first-order valence-electron chi connectivity index (χ1n) is 25.6. The van der Waals surface area contributed by atoms with Crippen LogP contribution in [0.1, 0.15) is 174 Å². The second-order valence-electron chi connectivity index (χ2n) is 18.7. The molecule has 0 spiro atoms. The molecule has 1 aliphatic carbocycles. The van der Waals surface area contributed by atoms with Crippen LogP contribution in [0.15, 0.2) is 36.5 Å². The summed E-state index contributed by atoms with van der Waals surface area (Å²) >= 11 is 0. The van der Waals surface area contributed by atoms with Gasteiger partial charge in [-0.2, -0.15) is 0 Å². The van der Waals surface area contributed by atoms with Crippen molar-refractivity contribution in [2.45, 2.75) is 229 Å². The predicted octanol–water partition coefficient (Wildman–Crippen LogP) is 6.88. The van der Waals surface area contributed by atoms with Crippen molar-refractivity contribution >= 4 is 33.4 Å². The van der Waals surface area contributed by atoms with E-state index in [1.807, 2.05) is 6.92 Å². The molecule has 19 nitrogen and oxygen atoms in total. The molecule has 2 fully saturated rings. The third kappa shape index (κ3) is 27.2. The molecule has 1 saturated carbocycles. The van der Waals surface area contributed by atoms with Gasteiger partial charge in [-0.3, -0.25) is 28.0 Å². The van der Waals surface area contributed by atoms with E-state index in [0.717, 1.165) is 76.7 Å². The van der Waals surface area contributed by atoms with Crippen molar-refractivity contribution in [3.63, 3.8) is 0 Å². The van der Waals surface area contributed by atoms with E-state index >= 15 is 0 Å². The number of rotatable bonds is 26. The number of unbranched alkanes of at least 4 members (excludes halogenated alkanes) is 12. The highest BCUT2D eigenvalue weighted by Crippen LogP contribution is 2.49. The van der Waals surface area contributed by atoms with Crippen LogP contribution in [0.5, 0.6) is 0 Å². The number of ether oxygens (including phenoxy) is 2. The van der Waals surface area contributed by atoms with Crippen LogP contribution in [0, 0.1) is 11.8 Å². The Kier molecular flexibility index (Phi) is 32.8. The third-order valence-electron chi connectivity index (χ3n) is 12.6. The summed E-state index contributed by atoms with van der Waals surface area (Å²) in [5.74, 6) is -5.47. The molecule has 21 heteroatoms. The molecule has 1 aliphatic heterocycles. The molecule has 0 aromatic carbocycles. The number of carbonyl (C=O) groups excluding carboxylic acids is 3. The fourth-order valence-electron chi connectivity index (χ4n) is 8.49. The molecule has 2 aliphatic rings. The highest BCUT2D eigenvalue weighted by molar-refractivity contribution is 7.47. The summed E-state index contributed by atoms with van der Waals surface area (Å²) < 4.78 is 52.2. The molecule has 0 aromatic heterocycles. The maximum absolute atomic E-state index is 13.8. The number of hydrogen-bond acceptors (Lipinski definition) is 16. The van der Waals surface area contributed by atoms with Gasteiger partial charge in [0, 0.05) is 31.1 Å². The molecule has 70 heavy (non-hydrogen) atoms. The van der Waals surface area contributed by atoms with Crippen LogP contribution < -0.4 is 0 Å². The first-order valence-corrected chi connectivity index (χ1v) is 28.7. The quantitative estimate of drug-likeness (QED) is 0.0185. The summed E-state index contributed by atoms with van der Waals surface area (Å²) in [4.78, 5) is 70.5. The molecule has 0 aromatic rings. The highest BCUT2D eigenvalue weighted by Gasteiger charge is 2.51. The Labute approximate surface area is 414 Å². The molecule has 406 valence electrons. The Morgan fingerprint density at radius 3 is 2.07 bits per heavy atom. The number of carbonyl (C=O) groups is 3. The van der Waals surface area contributed by atoms with E-state index in [1.54, 1.807) is 0 Å². The van der Waals surface area contributed by atoms with Gasteiger partial charge < -0.3 is 54.8 Å². The molecule has 1 heterocycles. The van der Waals surface area contributed by atoms with Crippen molar-refractivity contribution in [2.75, 3.05) is 13.2 Å². The van der Waals surface area contributed by atoms with Gasteiger partial charge in [-0.15, -0.1) is 0 Å². The van der Waals surface area contributed by atoms with Crippen LogP contribution in [0.2, 0.25) is 0 Å². The van der Waals surface area contributed by atoms with E-state index in [1.165, 1.54) is 25.3 Å². The maximum Gasteiger partial charge on any atom is 0.472 e. The second-order valence-corrected chi connectivity index (χ2v) is 21.3. The molecular formula is C49H86O19P2. The lowest BCUT2D eigenvalue weighted by atomic mass is 9.83. The standard InChI is InChI=1S/C49H86O19P2/c1-3-5-7-8-9-10-11-12-13-14-15-16-17-18-19-20-25-29-42(53)64-34-37-35-65-70(62,63)68-49-47(58)46(57)44(55)38(28-24-21-22-26-30-43(54)66-37)40(51)33-41(52)39(32-31-36(50)27-23-6-4-2)45(56)48(49)67-69(59,60)61/h9-10,12-13,31-32,36-39,41,44-50,52,55-58H,3-8,11,14-30,33-35H2,1-2H3,(H,62,63)(H2,59,60,61)/b10-9-,13-12-,32-31?/t36-,37+,38-,39-,41+,44+,45+,46-,47+,48+,49-/m0/s1. The lowest BCUT2D eigenvalue weighted by Gasteiger charge is -2.38. The van der Waals surface area contributed by atoms with Crippen LogP contribution in [-0.2, 0) is 46.6 Å². The van der Waals surface area contributed by atoms with E-state index in [4.69, 9.17) is 23.0 Å². The lowest BCUT2D eigenvalue weighted by Crippen LogP contribution is -2.56. The first kappa shape index (κ1) is 63.9. The van der Waals surface area contributed by atoms with Crippen LogP contribution in [0.4, 0.5) is 0 Å². The minimum absolute atomic E-state index is 0.0488. The average Bonchev–Trinajstić information content (AvgIpc) is 3.30. The maximum atomic E-state index is 13.8. The second kappa shape index (κ2) is 35.9. The minimum Gasteiger partial charge on any atom is -0.462 e. The number of allylic oxidation sites excluding steroid dienone is 4. The molecule has 1 saturated heterocycles. The molecule has 1 unspecified atom stereocenters. The SMILES string of the molecule is CCCCC/C=C\C/C=C\CCCCCCCCCC(=O)OC[C@@H]1COP(=O)(O)O[C@H]2[C@H](O)[C@@H](O)[C@H](O)[C@@H](CCCCCCC(=O)O1)C(=O)C[C@@H](O)[C@H](C=C[C@@H](O)CCCCC)[C@@H](O)[C@H]2OP(=O)(O)O. The number of ketones is 1. The molecule has 9 N–H and O–H groups in total. The molecule has 2 rings (SSSR count). The van der Waals surface area contributed by atoms with E-state index < -0.39 is 120 Å². The van der Waals surface area contributed by atoms with Gasteiger partial charge in [0.15, 0.2) is 6.10 Å². The minimum atomic E-state index is -5.78. The van der Waals surface area contributed by atoms with Crippen molar-refractivity contribution in [1.82, 2.24) is 0 Å². The van der Waals surface area contributed by atoms with Crippen molar-refractivity contribution in [3.05, 3.63) is 36.5 Å². The zero-order chi connectivity index (χ0) is 52.0. The van der Waals surface area contributed by atoms with Crippen LogP contribution in [-0.4, -0.2) is 131 Å². The largest absolute Gasteiger partial charge is 0.472 e. The van der Waals surface area contributed by atoms with Gasteiger partial charge >= 0.3 is 27.6 Å². The van der Waals surface area contributed by atoms with Gasteiger partial charge in [0.05, 0.1) is 31.0 Å². The molecule has 0 radical (unpaired) electrons. The number of phosphoric ester groups is 2. The Morgan fingerprint density at radius 2 is 1.41 bits per heavy atom. The van der Waals surface area contributed by atoms with Gasteiger partial charge in [-0.25, -0.2) is 9.13 Å². The van der Waals surface area contributed by atoms with Gasteiger partial charge in [0.25, 0.3) is 0 Å². The van der Waals surface area contributed by atoms with E-state index in [0.29, 0.717) is 32.1 Å². The number of phosphoric acid groups is 2. The van der Waals surface area contributed by atoms with Crippen LogP contribution in [0.25, 0.3) is 0 Å². The molecule has 2 bridgehead atoms. The molecule has 12 atom stereocenters. The van der Waals surface area contributed by atoms with E-state index in [9.17, 15) is 68.8 Å². The van der Waals surface area contributed by atoms with Crippen LogP contribution >= 0.6 is 15.6 Å². The van der Waals surface area contributed by atoms with Crippen LogP contribution in [0.3, 0.4) is 0 Å². The number of aliphatic hydroxyl groups excluding tert-OH is 6. The van der Waals surface area contributed by atoms with E-state index in [2.05, 4.69) is 31.2 Å². The number of cyclic esters (lactones) is 1. The van der Waals surface area contributed by atoms with Crippen molar-refractivity contribution in [2.24, 2.45) is 11.8 Å². The number of Topliss-reactive ketones (excluding diaryl/α,β-unsaturated/α-hetero) is 1. The molecular weight excluding hydrogens is 954 g/mol. The number of aliphatic hydroxyl groups is 6. The summed E-state index contributed by atoms with van der Waals surface area (Å²) in [6, 6.07) is 0. The average molecular weight is 1040 g/mol. The Morgan fingerprint density at radius 1 is 0.800 bits per heavy atom. The Bertz CT molecular complexity index is 1650. The summed E-state index contributed by atoms with van der Waals surface area (Å²) in [7, 11) is -11.5. The van der Waals surface area contributed by atoms with Gasteiger partial charge in [0.1, 0.15) is 36.8 Å². The number of fused-ring (bicyclic) bond motifs is 4. The van der Waals surface area contributed by atoms with Crippen molar-refractivity contribution < 1.29 is 91.9 Å². The normalized spacial score (nSPS) is 30.1. The number of esters is 2. The summed E-state index contributed by atoms with van der Waals surface area (Å²) in [6.07, 6.45) is 7.80. The van der Waals surface area contributed by atoms with Crippen molar-refractivity contribution in [3.8, 4) is 0 Å². The highest BCUT2D eigenvalue weighted by atomic mass is 31.2. The fourth-order valence-corrected chi connectivity index (χ4v) is 10.0. The molecule has 0 amide bonds. The topological polar surface area (TPSA) is 314 Å². The first-order chi connectivity index (χ1) is 33.3. The smallest absolute Gasteiger partial charge is 0.462 e. The summed E-state index contributed by atoms with van der Waals surface area (Å²) in [5, 5.41) is 68.2. The number of hydrogen-bond donors (Lipinski definition) is 9. The fraction of sp³-hybridized carbons (Fsp3) is 0.816.